The SMILES string of the molecule is O=C(O)[C@H]1CCCCN1C(=O)CC1CCCNC1. The Balaban J connectivity index is 1.91. The monoisotopic (exact) mass is 254 g/mol. The normalized spacial score (nSPS) is 29.0. The van der Waals surface area contributed by atoms with E-state index in [-0.39, 0.29) is 5.91 Å². The Morgan fingerprint density at radius 3 is 2.72 bits per heavy atom. The van der Waals surface area contributed by atoms with E-state index >= 15 is 0 Å². The lowest BCUT2D eigenvalue weighted by Gasteiger charge is -2.34. The fourth-order valence-electron chi connectivity index (χ4n) is 2.95. The number of likely N-dealkylation sites (tertiary alicyclic amines) is 1. The van der Waals surface area contributed by atoms with Gasteiger partial charge in [0.05, 0.1) is 0 Å². The molecule has 102 valence electrons. The minimum Gasteiger partial charge on any atom is -0.480 e. The Labute approximate surface area is 108 Å². The van der Waals surface area contributed by atoms with Crippen LogP contribution >= 0.6 is 0 Å². The lowest BCUT2D eigenvalue weighted by molar-refractivity contribution is -0.152. The zero-order valence-electron chi connectivity index (χ0n) is 10.7. The van der Waals surface area contributed by atoms with E-state index in [1.54, 1.807) is 4.90 Å². The van der Waals surface area contributed by atoms with Crippen LogP contribution in [0, 0.1) is 5.92 Å². The average Bonchev–Trinajstić information content (AvgIpc) is 2.40. The van der Waals surface area contributed by atoms with E-state index in [9.17, 15) is 9.59 Å². The number of carbonyl (C=O) groups excluding carboxylic acids is 1. The molecular weight excluding hydrogens is 232 g/mol. The van der Waals surface area contributed by atoms with Crippen LogP contribution in [0.2, 0.25) is 0 Å². The van der Waals surface area contributed by atoms with Crippen LogP contribution in [-0.2, 0) is 9.59 Å². The summed E-state index contributed by atoms with van der Waals surface area (Å²) in [6.07, 6.45) is 5.12. The summed E-state index contributed by atoms with van der Waals surface area (Å²) in [4.78, 5) is 25.0. The number of rotatable bonds is 3. The van der Waals surface area contributed by atoms with E-state index in [0.29, 0.717) is 25.3 Å². The van der Waals surface area contributed by atoms with Crippen molar-refractivity contribution >= 4 is 11.9 Å². The summed E-state index contributed by atoms with van der Waals surface area (Å²) in [6, 6.07) is -0.595. The van der Waals surface area contributed by atoms with Crippen LogP contribution in [0.25, 0.3) is 0 Å². The highest BCUT2D eigenvalue weighted by Gasteiger charge is 2.32. The predicted molar refractivity (Wildman–Crippen MR) is 67.2 cm³/mol. The molecule has 0 saturated carbocycles. The highest BCUT2D eigenvalue weighted by Crippen LogP contribution is 2.21. The number of carboxylic acids is 1. The van der Waals surface area contributed by atoms with Gasteiger partial charge in [-0.05, 0) is 51.1 Å². The van der Waals surface area contributed by atoms with E-state index in [4.69, 9.17) is 5.11 Å². The van der Waals surface area contributed by atoms with Crippen molar-refractivity contribution in [2.45, 2.75) is 44.6 Å². The third-order valence-electron chi connectivity index (χ3n) is 3.97. The number of carbonyl (C=O) groups is 2. The Kier molecular flexibility index (Phi) is 4.58. The molecule has 5 nitrogen and oxygen atoms in total. The van der Waals surface area contributed by atoms with Gasteiger partial charge in [0.2, 0.25) is 5.91 Å². The largest absolute Gasteiger partial charge is 0.480 e. The Hall–Kier alpha value is -1.10. The van der Waals surface area contributed by atoms with Crippen molar-refractivity contribution in [1.82, 2.24) is 10.2 Å². The molecule has 0 bridgehead atoms. The van der Waals surface area contributed by atoms with Gasteiger partial charge in [0.15, 0.2) is 0 Å². The molecule has 2 heterocycles. The van der Waals surface area contributed by atoms with Crippen molar-refractivity contribution in [3.05, 3.63) is 0 Å². The molecule has 18 heavy (non-hydrogen) atoms. The highest BCUT2D eigenvalue weighted by atomic mass is 16.4. The third-order valence-corrected chi connectivity index (χ3v) is 3.97. The second kappa shape index (κ2) is 6.18. The molecule has 0 spiro atoms. The van der Waals surface area contributed by atoms with Gasteiger partial charge >= 0.3 is 5.97 Å². The third kappa shape index (κ3) is 3.22. The van der Waals surface area contributed by atoms with Crippen LogP contribution in [-0.4, -0.2) is 47.6 Å². The molecule has 5 heteroatoms. The van der Waals surface area contributed by atoms with Crippen LogP contribution in [0.4, 0.5) is 0 Å². The Morgan fingerprint density at radius 1 is 1.22 bits per heavy atom. The molecule has 0 aromatic rings. The van der Waals surface area contributed by atoms with Crippen molar-refractivity contribution in [1.29, 1.82) is 0 Å². The van der Waals surface area contributed by atoms with E-state index in [2.05, 4.69) is 5.32 Å². The van der Waals surface area contributed by atoms with Gasteiger partial charge in [0.1, 0.15) is 6.04 Å². The van der Waals surface area contributed by atoms with Gasteiger partial charge in [-0.1, -0.05) is 0 Å². The van der Waals surface area contributed by atoms with Crippen molar-refractivity contribution < 1.29 is 14.7 Å². The smallest absolute Gasteiger partial charge is 0.326 e. The van der Waals surface area contributed by atoms with E-state index < -0.39 is 12.0 Å². The molecule has 0 aliphatic carbocycles. The topological polar surface area (TPSA) is 69.6 Å². The number of nitrogens with zero attached hydrogens (tertiary/aromatic N) is 1. The first-order valence-corrected chi connectivity index (χ1v) is 6.91. The Bertz CT molecular complexity index is 313. The summed E-state index contributed by atoms with van der Waals surface area (Å²) in [6.45, 7) is 2.53. The number of nitrogens with one attached hydrogen (secondary N) is 1. The number of amides is 1. The second-order valence-corrected chi connectivity index (χ2v) is 5.35. The number of hydrogen-bond donors (Lipinski definition) is 2. The summed E-state index contributed by atoms with van der Waals surface area (Å²) in [5.41, 5.74) is 0. The first-order chi connectivity index (χ1) is 8.68. The van der Waals surface area contributed by atoms with Crippen LogP contribution in [0.1, 0.15) is 38.5 Å². The van der Waals surface area contributed by atoms with Crippen molar-refractivity contribution in [2.75, 3.05) is 19.6 Å². The zero-order valence-corrected chi connectivity index (χ0v) is 10.7. The van der Waals surface area contributed by atoms with E-state index in [1.165, 1.54) is 0 Å². The van der Waals surface area contributed by atoms with Crippen LogP contribution < -0.4 is 5.32 Å². The van der Waals surface area contributed by atoms with Crippen LogP contribution in [0.3, 0.4) is 0 Å². The molecule has 0 aromatic heterocycles. The molecule has 1 unspecified atom stereocenters. The van der Waals surface area contributed by atoms with Crippen molar-refractivity contribution in [2.24, 2.45) is 5.92 Å². The number of aliphatic carboxylic acids is 1. The quantitative estimate of drug-likeness (QED) is 0.783. The summed E-state index contributed by atoms with van der Waals surface area (Å²) in [5.74, 6) is -0.455. The maximum atomic E-state index is 12.2. The molecule has 2 saturated heterocycles. The highest BCUT2D eigenvalue weighted by molar-refractivity contribution is 5.84. The molecule has 2 aliphatic rings. The molecule has 2 atom stereocenters. The molecule has 2 N–H and O–H groups in total. The summed E-state index contributed by atoms with van der Waals surface area (Å²) < 4.78 is 0. The van der Waals surface area contributed by atoms with Crippen molar-refractivity contribution in [3.8, 4) is 0 Å². The molecule has 2 fully saturated rings. The standard InChI is InChI=1S/C13H22N2O3/c16-12(8-10-4-3-6-14-9-10)15-7-2-1-5-11(15)13(17)18/h10-11,14H,1-9H2,(H,17,18)/t10?,11-/m1/s1. The van der Waals surface area contributed by atoms with Crippen LogP contribution in [0.15, 0.2) is 0 Å². The van der Waals surface area contributed by atoms with Crippen LogP contribution in [0.5, 0.6) is 0 Å². The fraction of sp³-hybridized carbons (Fsp3) is 0.846. The summed E-state index contributed by atoms with van der Waals surface area (Å²) in [7, 11) is 0. The van der Waals surface area contributed by atoms with E-state index in [0.717, 1.165) is 38.8 Å². The van der Waals surface area contributed by atoms with Gasteiger partial charge in [-0.15, -0.1) is 0 Å². The molecule has 2 rings (SSSR count). The lowest BCUT2D eigenvalue weighted by Crippen LogP contribution is -2.49. The van der Waals surface area contributed by atoms with Gasteiger partial charge in [0.25, 0.3) is 0 Å². The van der Waals surface area contributed by atoms with Crippen molar-refractivity contribution in [3.63, 3.8) is 0 Å². The molecular formula is C13H22N2O3. The predicted octanol–water partition coefficient (Wildman–Crippen LogP) is 0.842. The first kappa shape index (κ1) is 13.3. The maximum Gasteiger partial charge on any atom is 0.326 e. The molecule has 1 amide bonds. The maximum absolute atomic E-state index is 12.2. The number of carboxylic acid groups (broad SMARTS) is 1. The fourth-order valence-corrected chi connectivity index (χ4v) is 2.95. The van der Waals surface area contributed by atoms with Gasteiger partial charge in [-0.25, -0.2) is 4.79 Å². The first-order valence-electron chi connectivity index (χ1n) is 6.91. The summed E-state index contributed by atoms with van der Waals surface area (Å²) in [5, 5.41) is 12.4. The molecule has 0 aromatic carbocycles. The Morgan fingerprint density at radius 2 is 2.06 bits per heavy atom. The lowest BCUT2D eigenvalue weighted by atomic mass is 9.94. The van der Waals surface area contributed by atoms with Gasteiger partial charge in [-0.2, -0.15) is 0 Å². The zero-order chi connectivity index (χ0) is 13.0. The minimum atomic E-state index is -0.857. The second-order valence-electron chi connectivity index (χ2n) is 5.35. The van der Waals surface area contributed by atoms with Gasteiger partial charge < -0.3 is 15.3 Å². The van der Waals surface area contributed by atoms with Gasteiger partial charge in [-0.3, -0.25) is 4.79 Å². The minimum absolute atomic E-state index is 0.0239. The number of hydrogen-bond acceptors (Lipinski definition) is 3. The van der Waals surface area contributed by atoms with Gasteiger partial charge in [0, 0.05) is 13.0 Å². The molecule has 0 radical (unpaired) electrons. The van der Waals surface area contributed by atoms with E-state index in [1.807, 2.05) is 0 Å². The summed E-state index contributed by atoms with van der Waals surface area (Å²) >= 11 is 0. The average molecular weight is 254 g/mol. The number of piperidine rings is 2. The molecule has 2 aliphatic heterocycles.